The second-order valence-electron chi connectivity index (χ2n) is 5.78. The molecule has 1 amide bonds. The van der Waals surface area contributed by atoms with Crippen LogP contribution in [0, 0.1) is 0 Å². The molecule has 0 aromatic heterocycles. The summed E-state index contributed by atoms with van der Waals surface area (Å²) < 4.78 is 16.9. The highest BCUT2D eigenvalue weighted by Gasteiger charge is 2.32. The molecule has 0 spiro atoms. The number of amides is 1. The normalized spacial score (nSPS) is 15.0. The molecule has 0 atom stereocenters. The fourth-order valence-corrected chi connectivity index (χ4v) is 3.48. The topological polar surface area (TPSA) is 60.0 Å². The van der Waals surface area contributed by atoms with Crippen LogP contribution in [0.15, 0.2) is 46.6 Å². The number of hydrogen-bond donors (Lipinski definition) is 1. The van der Waals surface area contributed by atoms with Crippen LogP contribution in [0.3, 0.4) is 0 Å². The third-order valence-corrected chi connectivity index (χ3v) is 5.06. The van der Waals surface area contributed by atoms with Gasteiger partial charge in [0.15, 0.2) is 16.6 Å². The zero-order chi connectivity index (χ0) is 20.3. The molecule has 6 nitrogen and oxygen atoms in total. The number of carbonyl (C=O) groups excluding carboxylic acids is 1. The maximum atomic E-state index is 12.9. The molecule has 28 heavy (non-hydrogen) atoms. The number of anilines is 1. The number of methoxy groups -OCH3 is 2. The van der Waals surface area contributed by atoms with Crippen LogP contribution in [0.2, 0.25) is 0 Å². The Morgan fingerprint density at radius 2 is 1.86 bits per heavy atom. The van der Waals surface area contributed by atoms with Crippen molar-refractivity contribution in [3.8, 4) is 17.2 Å². The average molecular weight is 463 g/mol. The Morgan fingerprint density at radius 1 is 1.14 bits per heavy atom. The third kappa shape index (κ3) is 3.98. The first-order valence-corrected chi connectivity index (χ1v) is 9.70. The van der Waals surface area contributed by atoms with Gasteiger partial charge in [-0.1, -0.05) is 15.9 Å². The van der Waals surface area contributed by atoms with Crippen LogP contribution in [0.4, 0.5) is 5.69 Å². The maximum absolute atomic E-state index is 12.9. The Bertz CT molecular complexity index is 944. The number of ether oxygens (including phenoxy) is 3. The predicted molar refractivity (Wildman–Crippen MR) is 116 cm³/mol. The summed E-state index contributed by atoms with van der Waals surface area (Å²) in [5, 5.41) is 3.30. The van der Waals surface area contributed by atoms with Crippen molar-refractivity contribution in [3.05, 3.63) is 52.1 Å². The van der Waals surface area contributed by atoms with Crippen molar-refractivity contribution in [1.29, 1.82) is 0 Å². The summed E-state index contributed by atoms with van der Waals surface area (Å²) in [7, 11) is 3.17. The number of rotatable bonds is 6. The Balaban J connectivity index is 1.94. The van der Waals surface area contributed by atoms with Crippen LogP contribution in [0.5, 0.6) is 17.2 Å². The highest BCUT2D eigenvalue weighted by atomic mass is 79.9. The van der Waals surface area contributed by atoms with Gasteiger partial charge in [-0.2, -0.15) is 0 Å². The molecule has 1 N–H and O–H groups in total. The summed E-state index contributed by atoms with van der Waals surface area (Å²) >= 11 is 8.87. The molecule has 1 aliphatic heterocycles. The van der Waals surface area contributed by atoms with E-state index in [0.717, 1.165) is 10.0 Å². The first-order chi connectivity index (χ1) is 13.5. The summed E-state index contributed by atoms with van der Waals surface area (Å²) in [4.78, 5) is 14.4. The first-order valence-electron chi connectivity index (χ1n) is 8.50. The molecule has 146 valence electrons. The van der Waals surface area contributed by atoms with E-state index >= 15 is 0 Å². The van der Waals surface area contributed by atoms with Crippen molar-refractivity contribution < 1.29 is 19.0 Å². The molecule has 0 saturated carbocycles. The highest BCUT2D eigenvalue weighted by molar-refractivity contribution is 9.10. The minimum absolute atomic E-state index is 0.240. The number of carbonyl (C=O) groups is 1. The Labute approximate surface area is 177 Å². The summed E-state index contributed by atoms with van der Waals surface area (Å²) in [6.45, 7) is 2.40. The number of hydrogen-bond acceptors (Lipinski definition) is 5. The molecule has 2 aromatic rings. The van der Waals surface area contributed by atoms with Gasteiger partial charge in [-0.05, 0) is 67.2 Å². The van der Waals surface area contributed by atoms with Crippen molar-refractivity contribution in [2.75, 3.05) is 25.7 Å². The summed E-state index contributed by atoms with van der Waals surface area (Å²) in [5.74, 6) is 1.67. The minimum atomic E-state index is -0.240. The predicted octanol–water partition coefficient (Wildman–Crippen LogP) is 4.13. The molecule has 8 heteroatoms. The largest absolute Gasteiger partial charge is 0.497 e. The van der Waals surface area contributed by atoms with Gasteiger partial charge in [-0.25, -0.2) is 0 Å². The lowest BCUT2D eigenvalue weighted by atomic mass is 10.1. The second-order valence-corrected chi connectivity index (χ2v) is 7.03. The molecule has 0 bridgehead atoms. The van der Waals surface area contributed by atoms with Gasteiger partial charge in [0.2, 0.25) is 0 Å². The number of nitrogens with one attached hydrogen (secondary N) is 1. The molecule has 2 aromatic carbocycles. The molecule has 1 aliphatic rings. The summed E-state index contributed by atoms with van der Waals surface area (Å²) in [5.41, 5.74) is 1.80. The molecule has 0 aliphatic carbocycles. The summed E-state index contributed by atoms with van der Waals surface area (Å²) in [6, 6.07) is 10.7. The molecular weight excluding hydrogens is 444 g/mol. The quantitative estimate of drug-likeness (QED) is 0.514. The smallest absolute Gasteiger partial charge is 0.281 e. The van der Waals surface area contributed by atoms with Crippen LogP contribution < -0.4 is 24.4 Å². The van der Waals surface area contributed by atoms with Crippen molar-refractivity contribution in [3.63, 3.8) is 0 Å². The van der Waals surface area contributed by atoms with Crippen LogP contribution in [0.1, 0.15) is 12.5 Å². The van der Waals surface area contributed by atoms with Gasteiger partial charge in [-0.15, -0.1) is 0 Å². The van der Waals surface area contributed by atoms with Gasteiger partial charge in [0.25, 0.3) is 5.91 Å². The molecule has 1 fully saturated rings. The van der Waals surface area contributed by atoms with E-state index in [1.165, 1.54) is 4.90 Å². The van der Waals surface area contributed by atoms with E-state index in [1.807, 2.05) is 13.0 Å². The van der Waals surface area contributed by atoms with Crippen molar-refractivity contribution in [2.45, 2.75) is 6.92 Å². The van der Waals surface area contributed by atoms with E-state index in [0.29, 0.717) is 40.4 Å². The average Bonchev–Trinajstić information content (AvgIpc) is 2.97. The first kappa shape index (κ1) is 20.2. The number of halogens is 1. The Kier molecular flexibility index (Phi) is 6.21. The Morgan fingerprint density at radius 3 is 2.46 bits per heavy atom. The maximum Gasteiger partial charge on any atom is 0.281 e. The molecule has 3 rings (SSSR count). The molecule has 1 saturated heterocycles. The highest BCUT2D eigenvalue weighted by Crippen LogP contribution is 2.35. The van der Waals surface area contributed by atoms with E-state index in [9.17, 15) is 4.79 Å². The van der Waals surface area contributed by atoms with Gasteiger partial charge < -0.3 is 19.5 Å². The van der Waals surface area contributed by atoms with Gasteiger partial charge in [-0.3, -0.25) is 9.69 Å². The molecule has 0 radical (unpaired) electrons. The molecule has 0 unspecified atom stereocenters. The van der Waals surface area contributed by atoms with E-state index in [-0.39, 0.29) is 5.91 Å². The van der Waals surface area contributed by atoms with Crippen LogP contribution in [-0.2, 0) is 4.79 Å². The zero-order valence-electron chi connectivity index (χ0n) is 15.6. The SMILES string of the molecule is CCOc1cc(/C=C2\NC(=S)N(c3ccc(OC)cc3)C2=O)c(Br)cc1OC. The van der Waals surface area contributed by atoms with E-state index in [2.05, 4.69) is 21.2 Å². The Hall–Kier alpha value is -2.58. The van der Waals surface area contributed by atoms with E-state index in [1.54, 1.807) is 50.6 Å². The molecular formula is C20H19BrN2O4S. The van der Waals surface area contributed by atoms with Crippen LogP contribution >= 0.6 is 28.1 Å². The van der Waals surface area contributed by atoms with Gasteiger partial charge in [0.05, 0.1) is 26.5 Å². The van der Waals surface area contributed by atoms with E-state index < -0.39 is 0 Å². The van der Waals surface area contributed by atoms with Crippen molar-refractivity contribution in [1.82, 2.24) is 5.32 Å². The van der Waals surface area contributed by atoms with Crippen LogP contribution in [-0.4, -0.2) is 31.8 Å². The lowest BCUT2D eigenvalue weighted by Crippen LogP contribution is -2.30. The number of benzene rings is 2. The number of thiocarbonyl (C=S) groups is 1. The lowest BCUT2D eigenvalue weighted by molar-refractivity contribution is -0.113. The van der Waals surface area contributed by atoms with Crippen molar-refractivity contribution >= 4 is 50.9 Å². The monoisotopic (exact) mass is 462 g/mol. The standard InChI is InChI=1S/C20H19BrN2O4S/c1-4-27-18-10-12(15(21)11-17(18)26-3)9-16-19(24)23(20(28)22-16)13-5-7-14(25-2)8-6-13/h5-11H,4H2,1-3H3,(H,22,28)/b16-9-. The van der Waals surface area contributed by atoms with Crippen LogP contribution in [0.25, 0.3) is 6.08 Å². The fourth-order valence-electron chi connectivity index (χ4n) is 2.75. The number of nitrogens with zero attached hydrogens (tertiary/aromatic N) is 1. The third-order valence-electron chi connectivity index (χ3n) is 4.09. The van der Waals surface area contributed by atoms with Gasteiger partial charge >= 0.3 is 0 Å². The van der Waals surface area contributed by atoms with Gasteiger partial charge in [0, 0.05) is 4.47 Å². The van der Waals surface area contributed by atoms with Gasteiger partial charge in [0.1, 0.15) is 11.4 Å². The summed E-state index contributed by atoms with van der Waals surface area (Å²) in [6.07, 6.45) is 1.73. The second kappa shape index (κ2) is 8.62. The minimum Gasteiger partial charge on any atom is -0.497 e. The zero-order valence-corrected chi connectivity index (χ0v) is 18.0. The fraction of sp³-hybridized carbons (Fsp3) is 0.200. The lowest BCUT2D eigenvalue weighted by Gasteiger charge is -2.14. The van der Waals surface area contributed by atoms with Crippen molar-refractivity contribution in [2.24, 2.45) is 0 Å². The molecule has 1 heterocycles. The van der Waals surface area contributed by atoms with E-state index in [4.69, 9.17) is 26.4 Å².